The van der Waals surface area contributed by atoms with Crippen LogP contribution in [-0.2, 0) is 0 Å². The van der Waals surface area contributed by atoms with Crippen LogP contribution in [0.2, 0.25) is 0 Å². The molecule has 0 radical (unpaired) electrons. The summed E-state index contributed by atoms with van der Waals surface area (Å²) < 4.78 is 0. The zero-order chi connectivity index (χ0) is 13.3. The number of carboxylic acids is 2. The summed E-state index contributed by atoms with van der Waals surface area (Å²) in [7, 11) is 0. The fourth-order valence-corrected chi connectivity index (χ4v) is 1.83. The molecule has 0 spiro atoms. The van der Waals surface area contributed by atoms with Crippen molar-refractivity contribution in [2.45, 2.75) is 0 Å². The van der Waals surface area contributed by atoms with Gasteiger partial charge in [-0.15, -0.1) is 0 Å². The minimum absolute atomic E-state index is 0.266. The van der Waals surface area contributed by atoms with E-state index in [1.165, 1.54) is 30.3 Å². The molecule has 5 nitrogen and oxygen atoms in total. The molecule has 0 saturated heterocycles. The van der Waals surface area contributed by atoms with Gasteiger partial charge in [-0.05, 0) is 22.9 Å². The Kier molecular flexibility index (Phi) is 2.81. The molecule has 0 bridgehead atoms. The van der Waals surface area contributed by atoms with Gasteiger partial charge in [0, 0.05) is 5.56 Å². The van der Waals surface area contributed by atoms with Crippen LogP contribution in [0.4, 0.5) is 0 Å². The van der Waals surface area contributed by atoms with Crippen molar-refractivity contribution in [1.82, 2.24) is 0 Å². The summed E-state index contributed by atoms with van der Waals surface area (Å²) in [4.78, 5) is 32.8. The van der Waals surface area contributed by atoms with Gasteiger partial charge in [-0.25, -0.2) is 9.59 Å². The Labute approximate surface area is 101 Å². The summed E-state index contributed by atoms with van der Waals surface area (Å²) in [5.41, 5.74) is -0.131. The number of carboxylic acid groups (broad SMARTS) is 2. The van der Waals surface area contributed by atoms with Gasteiger partial charge in [0.15, 0.2) is 0 Å². The number of hydrogen-bond donors (Lipinski definition) is 2. The Morgan fingerprint density at radius 1 is 1.00 bits per heavy atom. The monoisotopic (exact) mass is 244 g/mol. The first-order valence-electron chi connectivity index (χ1n) is 5.03. The van der Waals surface area contributed by atoms with Crippen molar-refractivity contribution in [1.29, 1.82) is 0 Å². The van der Waals surface area contributed by atoms with Crippen molar-refractivity contribution in [3.05, 3.63) is 47.0 Å². The van der Waals surface area contributed by atoms with Gasteiger partial charge in [-0.2, -0.15) is 0 Å². The van der Waals surface area contributed by atoms with Crippen LogP contribution in [0.3, 0.4) is 0 Å². The van der Waals surface area contributed by atoms with Crippen molar-refractivity contribution in [2.75, 3.05) is 0 Å². The molecule has 90 valence electrons. The van der Waals surface area contributed by atoms with E-state index in [0.29, 0.717) is 22.6 Å². The lowest BCUT2D eigenvalue weighted by Gasteiger charge is -2.06. The Hall–Kier alpha value is -2.69. The molecule has 2 aromatic carbocycles. The molecule has 0 aromatic heterocycles. The minimum Gasteiger partial charge on any atom is -0.478 e. The lowest BCUT2D eigenvalue weighted by Crippen LogP contribution is -2.08. The molecule has 2 rings (SSSR count). The summed E-state index contributed by atoms with van der Waals surface area (Å²) in [5.74, 6) is -2.61. The van der Waals surface area contributed by atoms with Crippen LogP contribution in [0.5, 0.6) is 0 Å². The molecule has 0 atom stereocenters. The van der Waals surface area contributed by atoms with Gasteiger partial charge in [0.25, 0.3) is 0 Å². The summed E-state index contributed by atoms with van der Waals surface area (Å²) in [6, 6.07) is 7.11. The van der Waals surface area contributed by atoms with E-state index < -0.39 is 11.9 Å². The molecule has 0 aliphatic heterocycles. The van der Waals surface area contributed by atoms with Crippen molar-refractivity contribution in [2.24, 2.45) is 0 Å². The van der Waals surface area contributed by atoms with Gasteiger partial charge in [0.2, 0.25) is 0 Å². The smallest absolute Gasteiger partial charge is 0.337 e. The van der Waals surface area contributed by atoms with Crippen molar-refractivity contribution in [3.8, 4) is 0 Å². The zero-order valence-electron chi connectivity index (χ0n) is 9.08. The van der Waals surface area contributed by atoms with Crippen LogP contribution < -0.4 is 0 Å². The number of carbonyl (C=O) groups excluding carboxylic acids is 1. The Morgan fingerprint density at radius 3 is 2.28 bits per heavy atom. The highest BCUT2D eigenvalue weighted by Gasteiger charge is 2.19. The normalized spacial score (nSPS) is 10.2. The van der Waals surface area contributed by atoms with Crippen molar-refractivity contribution in [3.63, 3.8) is 0 Å². The Balaban J connectivity index is 2.86. The lowest BCUT2D eigenvalue weighted by molar-refractivity contribution is 0.0653. The Bertz CT molecular complexity index is 672. The molecule has 18 heavy (non-hydrogen) atoms. The fourth-order valence-electron chi connectivity index (χ4n) is 1.83. The van der Waals surface area contributed by atoms with Crippen LogP contribution in [0.15, 0.2) is 30.3 Å². The summed E-state index contributed by atoms with van der Waals surface area (Å²) in [5, 5.41) is 18.9. The van der Waals surface area contributed by atoms with Gasteiger partial charge < -0.3 is 10.2 Å². The standard InChI is InChI=1S/C13H8O5/c14-6-7-1-3-9-8(5-7)2-4-10(12(15)16)11(9)13(17)18/h1-6H,(H,15,16)(H,17,18). The van der Waals surface area contributed by atoms with Gasteiger partial charge in [-0.1, -0.05) is 18.2 Å². The Morgan fingerprint density at radius 2 is 1.72 bits per heavy atom. The first-order valence-corrected chi connectivity index (χ1v) is 5.03. The molecular weight excluding hydrogens is 236 g/mol. The predicted octanol–water partition coefficient (Wildman–Crippen LogP) is 2.05. The van der Waals surface area contributed by atoms with E-state index in [9.17, 15) is 14.4 Å². The van der Waals surface area contributed by atoms with Crippen LogP contribution in [0, 0.1) is 0 Å². The van der Waals surface area contributed by atoms with E-state index in [1.54, 1.807) is 0 Å². The largest absolute Gasteiger partial charge is 0.478 e. The number of rotatable bonds is 3. The first kappa shape index (κ1) is 11.8. The van der Waals surface area contributed by atoms with E-state index in [4.69, 9.17) is 10.2 Å². The molecule has 2 aromatic rings. The molecule has 5 heteroatoms. The number of carbonyl (C=O) groups is 3. The highest BCUT2D eigenvalue weighted by atomic mass is 16.4. The molecule has 0 unspecified atom stereocenters. The third-order valence-corrected chi connectivity index (χ3v) is 2.62. The second kappa shape index (κ2) is 4.29. The van der Waals surface area contributed by atoms with Crippen LogP contribution in [0.1, 0.15) is 31.1 Å². The fraction of sp³-hybridized carbons (Fsp3) is 0. The predicted molar refractivity (Wildman–Crippen MR) is 63.3 cm³/mol. The molecule has 0 amide bonds. The number of benzene rings is 2. The molecule has 0 heterocycles. The maximum Gasteiger partial charge on any atom is 0.337 e. The summed E-state index contributed by atoms with van der Waals surface area (Å²) in [6.07, 6.45) is 0.644. The second-order valence-corrected chi connectivity index (χ2v) is 3.70. The van der Waals surface area contributed by atoms with Crippen LogP contribution in [0.25, 0.3) is 10.8 Å². The van der Waals surface area contributed by atoms with Gasteiger partial charge >= 0.3 is 11.9 Å². The van der Waals surface area contributed by atoms with E-state index >= 15 is 0 Å². The van der Waals surface area contributed by atoms with E-state index in [-0.39, 0.29) is 11.1 Å². The maximum absolute atomic E-state index is 11.2. The third-order valence-electron chi connectivity index (χ3n) is 2.62. The third kappa shape index (κ3) is 1.82. The summed E-state index contributed by atoms with van der Waals surface area (Å²) in [6.45, 7) is 0. The second-order valence-electron chi connectivity index (χ2n) is 3.70. The molecule has 0 fully saturated rings. The van der Waals surface area contributed by atoms with Gasteiger partial charge in [0.1, 0.15) is 6.29 Å². The van der Waals surface area contributed by atoms with Gasteiger partial charge in [0.05, 0.1) is 11.1 Å². The molecule has 0 aliphatic rings. The topological polar surface area (TPSA) is 91.7 Å². The average Bonchev–Trinajstić information content (AvgIpc) is 2.36. The van der Waals surface area contributed by atoms with E-state index in [0.717, 1.165) is 0 Å². The number of aromatic carboxylic acids is 2. The number of aldehydes is 1. The van der Waals surface area contributed by atoms with Crippen molar-refractivity contribution >= 4 is 29.0 Å². The van der Waals surface area contributed by atoms with E-state index in [2.05, 4.69) is 0 Å². The van der Waals surface area contributed by atoms with Gasteiger partial charge in [-0.3, -0.25) is 4.79 Å². The molecule has 0 aliphatic carbocycles. The van der Waals surface area contributed by atoms with E-state index in [1.807, 2.05) is 0 Å². The quantitative estimate of drug-likeness (QED) is 0.806. The average molecular weight is 244 g/mol. The molecule has 2 N–H and O–H groups in total. The maximum atomic E-state index is 11.2. The highest BCUT2D eigenvalue weighted by Crippen LogP contribution is 2.23. The summed E-state index contributed by atoms with van der Waals surface area (Å²) >= 11 is 0. The van der Waals surface area contributed by atoms with Crippen LogP contribution >= 0.6 is 0 Å². The highest BCUT2D eigenvalue weighted by molar-refractivity contribution is 6.12. The van der Waals surface area contributed by atoms with Crippen molar-refractivity contribution < 1.29 is 24.6 Å². The minimum atomic E-state index is -1.31. The first-order chi connectivity index (χ1) is 8.54. The number of hydrogen-bond acceptors (Lipinski definition) is 3. The zero-order valence-corrected chi connectivity index (χ0v) is 9.08. The van der Waals surface area contributed by atoms with Crippen LogP contribution in [-0.4, -0.2) is 28.4 Å². The lowest BCUT2D eigenvalue weighted by atomic mass is 9.97. The molecular formula is C13H8O5. The SMILES string of the molecule is O=Cc1ccc2c(C(=O)O)c(C(=O)O)ccc2c1. The molecule has 0 saturated carbocycles. The number of fused-ring (bicyclic) bond motifs is 1.